The minimum absolute atomic E-state index is 0. The van der Waals surface area contributed by atoms with Gasteiger partial charge in [-0.05, 0) is 19.1 Å². The van der Waals surface area contributed by atoms with Gasteiger partial charge in [0.05, 0.1) is 24.5 Å². The van der Waals surface area contributed by atoms with Crippen LogP contribution in [0.25, 0.3) is 0 Å². The van der Waals surface area contributed by atoms with Crippen molar-refractivity contribution in [3.05, 3.63) is 24.0 Å². The van der Waals surface area contributed by atoms with Crippen molar-refractivity contribution in [1.82, 2.24) is 4.98 Å². The van der Waals surface area contributed by atoms with E-state index in [1.54, 1.807) is 6.07 Å². The van der Waals surface area contributed by atoms with Crippen molar-refractivity contribution in [2.24, 2.45) is 0 Å². The molecule has 5 heteroatoms. The van der Waals surface area contributed by atoms with Crippen LogP contribution in [0.5, 0.6) is 5.75 Å². The van der Waals surface area contributed by atoms with E-state index in [0.29, 0.717) is 12.4 Å². The van der Waals surface area contributed by atoms with Gasteiger partial charge in [0.15, 0.2) is 0 Å². The summed E-state index contributed by atoms with van der Waals surface area (Å²) in [5, 5.41) is 10.3. The van der Waals surface area contributed by atoms with Crippen molar-refractivity contribution in [2.75, 3.05) is 6.61 Å². The molecule has 1 aromatic rings. The molecule has 0 unspecified atom stereocenters. The molecule has 0 N–H and O–H groups in total. The number of nitrogens with zero attached hydrogens (tertiary/aromatic N) is 1. The van der Waals surface area contributed by atoms with Gasteiger partial charge in [-0.2, -0.15) is 0 Å². The van der Waals surface area contributed by atoms with Crippen LogP contribution in [-0.2, 0) is 0 Å². The summed E-state index contributed by atoms with van der Waals surface area (Å²) in [4.78, 5) is 13.9. The SMILES string of the molecule is CCOc1ccc(C(=O)[O-])nc1.[Na+]. The molecule has 0 saturated carbocycles. The Morgan fingerprint density at radius 1 is 1.62 bits per heavy atom. The molecule has 13 heavy (non-hydrogen) atoms. The molecule has 0 saturated heterocycles. The average molecular weight is 189 g/mol. The standard InChI is InChI=1S/C8H9NO3.Na/c1-2-12-6-3-4-7(8(10)11)9-5-6;/h3-5H,2H2,1H3,(H,10,11);/q;+1/p-1. The second-order valence-electron chi connectivity index (χ2n) is 2.10. The number of aromatic carboxylic acids is 1. The Morgan fingerprint density at radius 2 is 2.31 bits per heavy atom. The molecular weight excluding hydrogens is 181 g/mol. The Labute approximate surface area is 98.2 Å². The number of carboxylic acid groups (broad SMARTS) is 1. The van der Waals surface area contributed by atoms with Crippen molar-refractivity contribution in [1.29, 1.82) is 0 Å². The summed E-state index contributed by atoms with van der Waals surface area (Å²) >= 11 is 0. The van der Waals surface area contributed by atoms with Crippen molar-refractivity contribution in [3.8, 4) is 5.75 Å². The van der Waals surface area contributed by atoms with Gasteiger partial charge in [-0.1, -0.05) is 0 Å². The fraction of sp³-hybridized carbons (Fsp3) is 0.250. The second-order valence-corrected chi connectivity index (χ2v) is 2.10. The molecule has 1 heterocycles. The van der Waals surface area contributed by atoms with Gasteiger partial charge < -0.3 is 14.6 Å². The average Bonchev–Trinajstić information content (AvgIpc) is 2.06. The Balaban J connectivity index is 0.00000144. The molecule has 1 aromatic heterocycles. The smallest absolute Gasteiger partial charge is 0.543 e. The van der Waals surface area contributed by atoms with Gasteiger partial charge in [-0.15, -0.1) is 0 Å². The van der Waals surface area contributed by atoms with Gasteiger partial charge in [0.25, 0.3) is 0 Å². The molecule has 64 valence electrons. The Hall–Kier alpha value is -0.580. The predicted molar refractivity (Wildman–Crippen MR) is 39.7 cm³/mol. The Bertz CT molecular complexity index is 273. The fourth-order valence-electron chi connectivity index (χ4n) is 0.753. The van der Waals surface area contributed by atoms with E-state index in [9.17, 15) is 9.90 Å². The Morgan fingerprint density at radius 3 is 2.69 bits per heavy atom. The minimum atomic E-state index is -1.28. The van der Waals surface area contributed by atoms with Gasteiger partial charge in [-0.25, -0.2) is 0 Å². The third-order valence-electron chi connectivity index (χ3n) is 1.26. The van der Waals surface area contributed by atoms with Crippen LogP contribution >= 0.6 is 0 Å². The van der Waals surface area contributed by atoms with E-state index in [2.05, 4.69) is 4.98 Å². The first-order valence-electron chi connectivity index (χ1n) is 3.54. The zero-order valence-corrected chi connectivity index (χ0v) is 9.61. The molecule has 0 aliphatic rings. The molecule has 0 aliphatic heterocycles. The summed E-state index contributed by atoms with van der Waals surface area (Å²) in [7, 11) is 0. The first-order valence-corrected chi connectivity index (χ1v) is 3.54. The molecule has 0 amide bonds. The third-order valence-corrected chi connectivity index (χ3v) is 1.26. The quantitative estimate of drug-likeness (QED) is 0.471. The van der Waals surface area contributed by atoms with Crippen LogP contribution in [0.4, 0.5) is 0 Å². The zero-order valence-electron chi connectivity index (χ0n) is 7.61. The van der Waals surface area contributed by atoms with Crippen molar-refractivity contribution in [2.45, 2.75) is 6.92 Å². The maximum Gasteiger partial charge on any atom is 1.00 e. The Kier molecular flexibility index (Phi) is 5.70. The summed E-state index contributed by atoms with van der Waals surface area (Å²) < 4.78 is 5.06. The second kappa shape index (κ2) is 5.96. The van der Waals surface area contributed by atoms with Crippen molar-refractivity contribution in [3.63, 3.8) is 0 Å². The molecule has 0 radical (unpaired) electrons. The number of pyridine rings is 1. The number of ether oxygens (including phenoxy) is 1. The number of hydrogen-bond donors (Lipinski definition) is 0. The summed E-state index contributed by atoms with van der Waals surface area (Å²) in [6, 6.07) is 2.89. The predicted octanol–water partition coefficient (Wildman–Crippen LogP) is -3.15. The molecule has 0 atom stereocenters. The van der Waals surface area contributed by atoms with Gasteiger partial charge in [0.2, 0.25) is 0 Å². The molecule has 1 rings (SSSR count). The molecule has 0 spiro atoms. The minimum Gasteiger partial charge on any atom is -0.543 e. The van der Waals surface area contributed by atoms with Gasteiger partial charge in [0, 0.05) is 0 Å². The summed E-state index contributed by atoms with van der Waals surface area (Å²) in [5.74, 6) is -0.722. The molecule has 0 fully saturated rings. The van der Waals surface area contributed by atoms with Gasteiger partial charge >= 0.3 is 29.6 Å². The normalized spacial score (nSPS) is 8.69. The fourth-order valence-corrected chi connectivity index (χ4v) is 0.753. The number of hydrogen-bond acceptors (Lipinski definition) is 4. The van der Waals surface area contributed by atoms with E-state index < -0.39 is 5.97 Å². The van der Waals surface area contributed by atoms with Crippen LogP contribution in [0, 0.1) is 0 Å². The number of aromatic nitrogens is 1. The van der Waals surface area contributed by atoms with Crippen molar-refractivity contribution >= 4 is 5.97 Å². The summed E-state index contributed by atoms with van der Waals surface area (Å²) in [6.45, 7) is 2.37. The van der Waals surface area contributed by atoms with E-state index in [4.69, 9.17) is 4.74 Å². The van der Waals surface area contributed by atoms with E-state index in [1.807, 2.05) is 6.92 Å². The van der Waals surface area contributed by atoms with Crippen LogP contribution in [-0.4, -0.2) is 17.6 Å². The van der Waals surface area contributed by atoms with Crippen molar-refractivity contribution < 1.29 is 44.2 Å². The van der Waals surface area contributed by atoms with E-state index in [-0.39, 0.29) is 35.3 Å². The molecule has 0 aromatic carbocycles. The van der Waals surface area contributed by atoms with Crippen LogP contribution in [0.3, 0.4) is 0 Å². The van der Waals surface area contributed by atoms with E-state index in [0.717, 1.165) is 0 Å². The van der Waals surface area contributed by atoms with Crippen LogP contribution in [0.2, 0.25) is 0 Å². The van der Waals surface area contributed by atoms with Gasteiger partial charge in [-0.3, -0.25) is 4.98 Å². The first kappa shape index (κ1) is 12.4. The summed E-state index contributed by atoms with van der Waals surface area (Å²) in [5.41, 5.74) is -0.0848. The monoisotopic (exact) mass is 189 g/mol. The van der Waals surface area contributed by atoms with Crippen LogP contribution in [0.15, 0.2) is 18.3 Å². The largest absolute Gasteiger partial charge is 1.00 e. The van der Waals surface area contributed by atoms with Crippen LogP contribution in [0.1, 0.15) is 17.4 Å². The molecule has 0 aliphatic carbocycles. The van der Waals surface area contributed by atoms with Crippen LogP contribution < -0.4 is 39.4 Å². The van der Waals surface area contributed by atoms with E-state index in [1.165, 1.54) is 12.3 Å². The van der Waals surface area contributed by atoms with Gasteiger partial charge in [0.1, 0.15) is 5.75 Å². The zero-order chi connectivity index (χ0) is 8.97. The number of carboxylic acids is 1. The maximum absolute atomic E-state index is 10.3. The summed E-state index contributed by atoms with van der Waals surface area (Å²) in [6.07, 6.45) is 1.36. The van der Waals surface area contributed by atoms with E-state index >= 15 is 0 Å². The third kappa shape index (κ3) is 3.76. The topological polar surface area (TPSA) is 62.2 Å². The molecule has 4 nitrogen and oxygen atoms in total. The number of carbonyl (C=O) groups is 1. The maximum atomic E-state index is 10.3. The number of carbonyl (C=O) groups excluding carboxylic acids is 1. The number of rotatable bonds is 3. The molecule has 0 bridgehead atoms. The first-order chi connectivity index (χ1) is 5.74. The molecular formula is C8H8NNaO3.